The van der Waals surface area contributed by atoms with Gasteiger partial charge in [-0.05, 0) is 43.2 Å². The van der Waals surface area contributed by atoms with E-state index in [1.165, 1.54) is 15.6 Å². The van der Waals surface area contributed by atoms with Crippen LogP contribution >= 0.6 is 11.3 Å². The Morgan fingerprint density at radius 1 is 1.29 bits per heavy atom. The Labute approximate surface area is 167 Å². The highest BCUT2D eigenvalue weighted by atomic mass is 32.2. The number of aromatic nitrogens is 1. The van der Waals surface area contributed by atoms with Gasteiger partial charge in [-0.25, -0.2) is 13.4 Å². The second-order valence-corrected chi connectivity index (χ2v) is 9.74. The van der Waals surface area contributed by atoms with Crippen molar-refractivity contribution in [3.05, 3.63) is 47.5 Å². The van der Waals surface area contributed by atoms with Gasteiger partial charge in [0.2, 0.25) is 10.0 Å². The molecule has 0 fully saturated rings. The van der Waals surface area contributed by atoms with Gasteiger partial charge in [0, 0.05) is 0 Å². The number of para-hydroxylation sites is 2. The fourth-order valence-corrected chi connectivity index (χ4v) is 5.22. The molecule has 28 heavy (non-hydrogen) atoms. The maximum absolute atomic E-state index is 12.8. The van der Waals surface area contributed by atoms with E-state index in [4.69, 9.17) is 4.74 Å². The largest absolute Gasteiger partial charge is 0.476 e. The smallest absolute Gasteiger partial charge is 0.269 e. The van der Waals surface area contributed by atoms with Crippen molar-refractivity contribution >= 4 is 48.3 Å². The standard InChI is InChI=1S/C19H19N3O4S2/c1-11-8-12(2)17-16(9-11)27-19(20-17)21-18(23)15-10-22(28(3,24)25)13-6-4-5-7-14(13)26-15/h4-9,15H,10H2,1-3H3,(H,20,21,23)/t15-/m1/s1. The van der Waals surface area contributed by atoms with E-state index >= 15 is 0 Å². The monoisotopic (exact) mass is 417 g/mol. The van der Waals surface area contributed by atoms with Crippen LogP contribution in [0.2, 0.25) is 0 Å². The highest BCUT2D eigenvalue weighted by Crippen LogP contribution is 2.35. The first kappa shape index (κ1) is 18.7. The zero-order valence-electron chi connectivity index (χ0n) is 15.6. The van der Waals surface area contributed by atoms with E-state index in [2.05, 4.69) is 10.3 Å². The molecule has 146 valence electrons. The first-order valence-corrected chi connectivity index (χ1v) is 11.3. The van der Waals surface area contributed by atoms with Gasteiger partial charge < -0.3 is 4.74 Å². The predicted molar refractivity (Wildman–Crippen MR) is 111 cm³/mol. The van der Waals surface area contributed by atoms with Gasteiger partial charge in [-0.1, -0.05) is 29.5 Å². The zero-order valence-corrected chi connectivity index (χ0v) is 17.2. The second-order valence-electron chi connectivity index (χ2n) is 6.81. The Kier molecular flexibility index (Phi) is 4.51. The van der Waals surface area contributed by atoms with Gasteiger partial charge in [0.15, 0.2) is 11.2 Å². The molecule has 0 saturated heterocycles. The molecule has 3 aromatic rings. The molecule has 4 rings (SSSR count). The number of fused-ring (bicyclic) bond motifs is 2. The molecule has 0 spiro atoms. The van der Waals surface area contributed by atoms with Crippen molar-refractivity contribution in [2.75, 3.05) is 22.4 Å². The van der Waals surface area contributed by atoms with Crippen LogP contribution in [-0.4, -0.2) is 38.2 Å². The molecule has 0 radical (unpaired) electrons. The van der Waals surface area contributed by atoms with Gasteiger partial charge >= 0.3 is 0 Å². The van der Waals surface area contributed by atoms with Crippen LogP contribution in [0, 0.1) is 13.8 Å². The van der Waals surface area contributed by atoms with Crippen molar-refractivity contribution in [3.63, 3.8) is 0 Å². The molecule has 0 aliphatic carbocycles. The topological polar surface area (TPSA) is 88.6 Å². The Morgan fingerprint density at radius 2 is 2.04 bits per heavy atom. The highest BCUT2D eigenvalue weighted by Gasteiger charge is 2.35. The molecule has 1 aliphatic rings. The lowest BCUT2D eigenvalue weighted by molar-refractivity contribution is -0.122. The molecule has 1 atom stereocenters. The van der Waals surface area contributed by atoms with Crippen LogP contribution < -0.4 is 14.4 Å². The van der Waals surface area contributed by atoms with Crippen molar-refractivity contribution in [2.45, 2.75) is 20.0 Å². The van der Waals surface area contributed by atoms with Crippen molar-refractivity contribution in [3.8, 4) is 5.75 Å². The molecule has 0 bridgehead atoms. The summed E-state index contributed by atoms with van der Waals surface area (Å²) in [6.45, 7) is 3.90. The molecular weight excluding hydrogens is 398 g/mol. The number of benzene rings is 2. The van der Waals surface area contributed by atoms with Gasteiger partial charge in [-0.3, -0.25) is 14.4 Å². The SMILES string of the molecule is Cc1cc(C)c2nc(NC(=O)[C@H]3CN(S(C)(=O)=O)c4ccccc4O3)sc2c1. The zero-order chi connectivity index (χ0) is 20.1. The van der Waals surface area contributed by atoms with Gasteiger partial charge in [-0.2, -0.15) is 0 Å². The van der Waals surface area contributed by atoms with E-state index in [-0.39, 0.29) is 6.54 Å². The average Bonchev–Trinajstić information content (AvgIpc) is 3.02. The predicted octanol–water partition coefficient (Wildman–Crippen LogP) is 3.08. The van der Waals surface area contributed by atoms with Crippen LogP contribution in [0.15, 0.2) is 36.4 Å². The number of rotatable bonds is 3. The number of hydrogen-bond donors (Lipinski definition) is 1. The molecule has 9 heteroatoms. The summed E-state index contributed by atoms with van der Waals surface area (Å²) in [4.78, 5) is 17.3. The fraction of sp³-hybridized carbons (Fsp3) is 0.263. The molecule has 1 aliphatic heterocycles. The van der Waals surface area contributed by atoms with Crippen LogP contribution in [0.3, 0.4) is 0 Å². The minimum Gasteiger partial charge on any atom is -0.476 e. The molecule has 0 saturated carbocycles. The van der Waals surface area contributed by atoms with Crippen LogP contribution in [0.5, 0.6) is 5.75 Å². The minimum atomic E-state index is -3.55. The van der Waals surface area contributed by atoms with Crippen LogP contribution in [-0.2, 0) is 14.8 Å². The summed E-state index contributed by atoms with van der Waals surface area (Å²) in [7, 11) is -3.55. The van der Waals surface area contributed by atoms with E-state index in [0.29, 0.717) is 16.6 Å². The number of aryl methyl sites for hydroxylation is 2. The van der Waals surface area contributed by atoms with E-state index < -0.39 is 22.0 Å². The maximum atomic E-state index is 12.8. The maximum Gasteiger partial charge on any atom is 0.269 e. The summed E-state index contributed by atoms with van der Waals surface area (Å²) in [5.41, 5.74) is 3.44. The van der Waals surface area contributed by atoms with Crippen molar-refractivity contribution < 1.29 is 17.9 Å². The quantitative estimate of drug-likeness (QED) is 0.707. The van der Waals surface area contributed by atoms with Crippen LogP contribution in [0.4, 0.5) is 10.8 Å². The number of nitrogens with zero attached hydrogens (tertiary/aromatic N) is 2. The number of nitrogens with one attached hydrogen (secondary N) is 1. The first-order valence-electron chi connectivity index (χ1n) is 8.64. The average molecular weight is 418 g/mol. The minimum absolute atomic E-state index is 0.0925. The van der Waals surface area contributed by atoms with E-state index in [9.17, 15) is 13.2 Å². The normalized spacial score (nSPS) is 16.5. The number of sulfonamides is 1. The Bertz CT molecular complexity index is 1190. The Balaban J connectivity index is 1.61. The number of carbonyl (C=O) groups excluding carboxylic acids is 1. The van der Waals surface area contributed by atoms with Crippen molar-refractivity contribution in [1.82, 2.24) is 4.98 Å². The Hall–Kier alpha value is -2.65. The summed E-state index contributed by atoms with van der Waals surface area (Å²) < 4.78 is 32.3. The van der Waals surface area contributed by atoms with Crippen molar-refractivity contribution in [1.29, 1.82) is 0 Å². The van der Waals surface area contributed by atoms with Crippen LogP contribution in [0.25, 0.3) is 10.2 Å². The fourth-order valence-electron chi connectivity index (χ4n) is 3.26. The van der Waals surface area contributed by atoms with Crippen molar-refractivity contribution in [2.24, 2.45) is 0 Å². The molecule has 1 N–H and O–H groups in total. The number of anilines is 2. The third kappa shape index (κ3) is 3.43. The summed E-state index contributed by atoms with van der Waals surface area (Å²) >= 11 is 1.38. The second kappa shape index (κ2) is 6.75. The lowest BCUT2D eigenvalue weighted by atomic mass is 10.1. The lowest BCUT2D eigenvalue weighted by Crippen LogP contribution is -2.48. The van der Waals surface area contributed by atoms with Gasteiger partial charge in [0.05, 0.1) is 28.7 Å². The number of ether oxygens (including phenoxy) is 1. The number of hydrogen-bond acceptors (Lipinski definition) is 6. The van der Waals surface area contributed by atoms with E-state index in [1.54, 1.807) is 24.3 Å². The molecular formula is C19H19N3O4S2. The molecule has 1 amide bonds. The molecule has 2 aromatic carbocycles. The van der Waals surface area contributed by atoms with Crippen LogP contribution in [0.1, 0.15) is 11.1 Å². The first-order chi connectivity index (χ1) is 13.2. The number of carbonyl (C=O) groups is 1. The van der Waals surface area contributed by atoms with Gasteiger partial charge in [-0.15, -0.1) is 0 Å². The molecule has 7 nitrogen and oxygen atoms in total. The molecule has 1 aromatic heterocycles. The molecule has 2 heterocycles. The van der Waals surface area contributed by atoms with Gasteiger partial charge in [0.25, 0.3) is 5.91 Å². The third-order valence-corrected chi connectivity index (χ3v) is 6.55. The molecule has 0 unspecified atom stereocenters. The van der Waals surface area contributed by atoms with Gasteiger partial charge in [0.1, 0.15) is 5.75 Å². The summed E-state index contributed by atoms with van der Waals surface area (Å²) in [5, 5.41) is 3.23. The number of thiazole rings is 1. The number of amides is 1. The summed E-state index contributed by atoms with van der Waals surface area (Å²) in [6.07, 6.45) is 0.141. The summed E-state index contributed by atoms with van der Waals surface area (Å²) in [6, 6.07) is 10.8. The lowest BCUT2D eigenvalue weighted by Gasteiger charge is -2.33. The highest BCUT2D eigenvalue weighted by molar-refractivity contribution is 7.92. The van der Waals surface area contributed by atoms with E-state index in [0.717, 1.165) is 27.6 Å². The summed E-state index contributed by atoms with van der Waals surface area (Å²) in [5.74, 6) is -0.0771. The third-order valence-electron chi connectivity index (χ3n) is 4.49. The Morgan fingerprint density at radius 3 is 2.79 bits per heavy atom. The van der Waals surface area contributed by atoms with E-state index in [1.807, 2.05) is 26.0 Å².